The summed E-state index contributed by atoms with van der Waals surface area (Å²) in [5.41, 5.74) is 2.23. The highest BCUT2D eigenvalue weighted by Crippen LogP contribution is 2.37. The highest BCUT2D eigenvalue weighted by atomic mass is 19.4. The zero-order valence-corrected chi connectivity index (χ0v) is 21.0. The van der Waals surface area contributed by atoms with E-state index in [2.05, 4.69) is 16.1 Å². The molecule has 0 radical (unpaired) electrons. The molecule has 0 aromatic heterocycles. The number of carbonyl (C=O) groups excluding carboxylic acids is 1. The first-order chi connectivity index (χ1) is 17.8. The summed E-state index contributed by atoms with van der Waals surface area (Å²) in [5.74, 6) is -1.87. The van der Waals surface area contributed by atoms with Crippen LogP contribution in [0.2, 0.25) is 0 Å². The van der Waals surface area contributed by atoms with Crippen LogP contribution >= 0.6 is 0 Å². The van der Waals surface area contributed by atoms with Gasteiger partial charge in [-0.1, -0.05) is 18.2 Å². The molecule has 10 nitrogen and oxygen atoms in total. The number of carbonyl (C=O) groups is 1. The molecule has 13 heteroatoms. The van der Waals surface area contributed by atoms with Crippen LogP contribution in [0.1, 0.15) is 38.3 Å². The third-order valence-corrected chi connectivity index (χ3v) is 5.20. The number of amides is 1. The van der Waals surface area contributed by atoms with Gasteiger partial charge in [0, 0.05) is 30.0 Å². The fourth-order valence-corrected chi connectivity index (χ4v) is 3.62. The van der Waals surface area contributed by atoms with Crippen LogP contribution in [0.25, 0.3) is 5.70 Å². The van der Waals surface area contributed by atoms with Gasteiger partial charge in [0.2, 0.25) is 0 Å². The lowest BCUT2D eigenvalue weighted by Crippen LogP contribution is -2.43. The van der Waals surface area contributed by atoms with Crippen molar-refractivity contribution in [1.82, 2.24) is 21.1 Å². The van der Waals surface area contributed by atoms with E-state index in [9.17, 15) is 23.1 Å². The maximum atomic E-state index is 13.8. The van der Waals surface area contributed by atoms with E-state index in [0.29, 0.717) is 12.1 Å². The van der Waals surface area contributed by atoms with Crippen LogP contribution in [0.15, 0.2) is 65.5 Å². The second kappa shape index (κ2) is 11.5. The maximum Gasteiger partial charge on any atom is 0.417 e. The lowest BCUT2D eigenvalue weighted by molar-refractivity contribution is -0.177. The Balaban J connectivity index is 1.94. The Hall–Kier alpha value is -4.10. The minimum Gasteiger partial charge on any atom is -0.490 e. The van der Waals surface area contributed by atoms with Gasteiger partial charge >= 0.3 is 6.18 Å². The van der Waals surface area contributed by atoms with Crippen molar-refractivity contribution in [2.45, 2.75) is 39.2 Å². The fourth-order valence-electron chi connectivity index (χ4n) is 3.62. The van der Waals surface area contributed by atoms with Crippen LogP contribution in [-0.4, -0.2) is 47.1 Å². The van der Waals surface area contributed by atoms with E-state index in [1.165, 1.54) is 55.3 Å². The molecule has 2 aliphatic heterocycles. The molecular formula is C25H29F3N6O4. The molecule has 0 fully saturated rings. The van der Waals surface area contributed by atoms with Gasteiger partial charge in [0.25, 0.3) is 5.91 Å². The first-order valence-corrected chi connectivity index (χ1v) is 11.5. The topological polar surface area (TPSA) is 143 Å². The lowest BCUT2D eigenvalue weighted by atomic mass is 10.0. The van der Waals surface area contributed by atoms with Gasteiger partial charge in [-0.25, -0.2) is 5.01 Å². The average Bonchev–Trinajstić information content (AvgIpc) is 3.17. The quantitative estimate of drug-likeness (QED) is 0.117. The molecule has 1 aromatic rings. The second-order valence-corrected chi connectivity index (χ2v) is 8.75. The van der Waals surface area contributed by atoms with Crippen LogP contribution in [-0.2, 0) is 20.4 Å². The SMILES string of the molecule is CC1=C(C(=O)NC(=N)C=CC=N)N2NC(c3ccccc3C(F)(F)F)=CC(OCCCOC(C)(C)O)=C2N1. The molecule has 2 heterocycles. The van der Waals surface area contributed by atoms with E-state index in [1.807, 2.05) is 0 Å². The lowest BCUT2D eigenvalue weighted by Gasteiger charge is -2.31. The number of hydrogen-bond donors (Lipinski definition) is 6. The molecule has 0 unspecified atom stereocenters. The van der Waals surface area contributed by atoms with Crippen LogP contribution < -0.4 is 16.1 Å². The number of alkyl halides is 3. The third-order valence-electron chi connectivity index (χ3n) is 5.20. The van der Waals surface area contributed by atoms with Crippen molar-refractivity contribution in [1.29, 1.82) is 10.8 Å². The van der Waals surface area contributed by atoms with Crippen LogP contribution in [0.4, 0.5) is 13.2 Å². The number of hydrazine groups is 1. The number of hydrogen-bond acceptors (Lipinski definition) is 9. The van der Waals surface area contributed by atoms with Crippen molar-refractivity contribution >= 4 is 23.7 Å². The van der Waals surface area contributed by atoms with Crippen molar-refractivity contribution in [2.24, 2.45) is 0 Å². The summed E-state index contributed by atoms with van der Waals surface area (Å²) in [6, 6.07) is 5.01. The molecule has 3 rings (SSSR count). The number of nitrogens with zero attached hydrogens (tertiary/aromatic N) is 1. The molecule has 0 aliphatic carbocycles. The molecule has 0 bridgehead atoms. The van der Waals surface area contributed by atoms with Crippen LogP contribution in [0, 0.1) is 10.8 Å². The molecule has 0 saturated carbocycles. The zero-order chi connectivity index (χ0) is 28.1. The van der Waals surface area contributed by atoms with E-state index >= 15 is 0 Å². The minimum absolute atomic E-state index is 0.00885. The number of aliphatic hydroxyl groups is 1. The van der Waals surface area contributed by atoms with Gasteiger partial charge in [-0.3, -0.25) is 15.6 Å². The minimum atomic E-state index is -4.63. The highest BCUT2D eigenvalue weighted by Gasteiger charge is 2.39. The smallest absolute Gasteiger partial charge is 0.417 e. The summed E-state index contributed by atoms with van der Waals surface area (Å²) in [4.78, 5) is 13.0. The Kier molecular flexibility index (Phi) is 8.63. The van der Waals surface area contributed by atoms with Gasteiger partial charge in [0.15, 0.2) is 17.4 Å². The zero-order valence-electron chi connectivity index (χ0n) is 21.0. The molecule has 1 amide bonds. The van der Waals surface area contributed by atoms with Gasteiger partial charge in [0.05, 0.1) is 24.5 Å². The Bertz CT molecular complexity index is 1230. The molecule has 1 aromatic carbocycles. The van der Waals surface area contributed by atoms with E-state index in [1.54, 1.807) is 6.92 Å². The number of ether oxygens (including phenoxy) is 2. The Morgan fingerprint density at radius 1 is 1.24 bits per heavy atom. The van der Waals surface area contributed by atoms with Gasteiger partial charge in [-0.15, -0.1) is 0 Å². The first kappa shape index (κ1) is 28.5. The number of fused-ring (bicyclic) bond motifs is 1. The summed E-state index contributed by atoms with van der Waals surface area (Å²) in [7, 11) is 0. The fraction of sp³-hybridized carbons (Fsp3) is 0.320. The molecule has 6 N–H and O–H groups in total. The predicted molar refractivity (Wildman–Crippen MR) is 134 cm³/mol. The Morgan fingerprint density at radius 3 is 2.61 bits per heavy atom. The average molecular weight is 535 g/mol. The number of allylic oxidation sites excluding steroid dienone is 3. The molecule has 204 valence electrons. The Morgan fingerprint density at radius 2 is 1.95 bits per heavy atom. The first-order valence-electron chi connectivity index (χ1n) is 11.5. The van der Waals surface area contributed by atoms with Crippen molar-refractivity contribution in [3.63, 3.8) is 0 Å². The number of halogens is 3. The number of amidine groups is 1. The predicted octanol–water partition coefficient (Wildman–Crippen LogP) is 3.32. The molecule has 0 atom stereocenters. The van der Waals surface area contributed by atoms with E-state index < -0.39 is 23.4 Å². The summed E-state index contributed by atoms with van der Waals surface area (Å²) in [6.45, 7) is 4.85. The van der Waals surface area contributed by atoms with Crippen LogP contribution in [0.3, 0.4) is 0 Å². The van der Waals surface area contributed by atoms with Crippen LogP contribution in [0.5, 0.6) is 0 Å². The monoisotopic (exact) mass is 534 g/mol. The van der Waals surface area contributed by atoms with Gasteiger partial charge in [-0.05, 0) is 39.0 Å². The summed E-state index contributed by atoms with van der Waals surface area (Å²) in [6.07, 6.45) is 0.545. The number of rotatable bonds is 10. The van der Waals surface area contributed by atoms with E-state index in [-0.39, 0.29) is 47.6 Å². The molecular weight excluding hydrogens is 505 g/mol. The third kappa shape index (κ3) is 7.01. The van der Waals surface area contributed by atoms with E-state index in [4.69, 9.17) is 20.3 Å². The highest BCUT2D eigenvalue weighted by molar-refractivity contribution is 6.09. The van der Waals surface area contributed by atoms with Gasteiger partial charge < -0.3 is 30.6 Å². The number of nitrogens with one attached hydrogen (secondary N) is 5. The van der Waals surface area contributed by atoms with Crippen molar-refractivity contribution < 1.29 is 32.5 Å². The van der Waals surface area contributed by atoms with E-state index in [0.717, 1.165) is 12.3 Å². The summed E-state index contributed by atoms with van der Waals surface area (Å²) in [5, 5.41) is 31.2. The second-order valence-electron chi connectivity index (χ2n) is 8.75. The standard InChI is InChI=1S/C25H29F3N6O4/c1-15-21(23(35)32-20(30)10-6-11-29)34-22(31-15)19(37-12-7-13-38-24(2,3)36)14-18(33-34)16-8-4-5-9-17(16)25(26,27)28/h4-6,8-11,14,29,31,33,36H,7,12-13H2,1-3H3,(H2,30,32,35). The van der Waals surface area contributed by atoms with Crippen molar-refractivity contribution in [2.75, 3.05) is 13.2 Å². The molecule has 2 aliphatic rings. The largest absolute Gasteiger partial charge is 0.490 e. The maximum absolute atomic E-state index is 13.8. The molecule has 0 spiro atoms. The van der Waals surface area contributed by atoms with Crippen molar-refractivity contribution in [3.05, 3.63) is 76.6 Å². The van der Waals surface area contributed by atoms with Gasteiger partial charge in [-0.2, -0.15) is 13.2 Å². The molecule has 0 saturated heterocycles. The van der Waals surface area contributed by atoms with Crippen molar-refractivity contribution in [3.8, 4) is 0 Å². The number of benzene rings is 1. The molecule has 38 heavy (non-hydrogen) atoms. The van der Waals surface area contributed by atoms with Gasteiger partial charge in [0.1, 0.15) is 11.5 Å². The summed E-state index contributed by atoms with van der Waals surface area (Å²) >= 11 is 0. The summed E-state index contributed by atoms with van der Waals surface area (Å²) < 4.78 is 52.5. The normalized spacial score (nSPS) is 15.7. The Labute approximate surface area is 217 Å².